The monoisotopic (exact) mass is 451 g/mol. The standard InChI is InChI=1S/C29H29N3O2/c1-19-5-12-25-26(15-19)32(18-29(13-14-30-17-29)27(34)21-8-9-21)28(31-25)22-10-6-20(7-11-22)23-3-2-4-24(33)16-23/h2-7,10-12,15-16,21,30,33H,8-9,13-14,17-18H2,1H3/t29-/m0/s1. The number of hydrogen-bond acceptors (Lipinski definition) is 4. The van der Waals surface area contributed by atoms with E-state index in [0.29, 0.717) is 12.3 Å². The second-order valence-corrected chi connectivity index (χ2v) is 9.99. The van der Waals surface area contributed by atoms with E-state index in [4.69, 9.17) is 4.98 Å². The number of Topliss-reactive ketones (excluding diaryl/α,β-unsaturated/α-hetero) is 1. The van der Waals surface area contributed by atoms with Crippen molar-refractivity contribution in [3.63, 3.8) is 0 Å². The molecule has 4 aromatic rings. The van der Waals surface area contributed by atoms with E-state index >= 15 is 0 Å². The van der Waals surface area contributed by atoms with Gasteiger partial charge in [0.1, 0.15) is 17.4 Å². The van der Waals surface area contributed by atoms with Crippen molar-refractivity contribution in [2.45, 2.75) is 32.7 Å². The summed E-state index contributed by atoms with van der Waals surface area (Å²) in [5, 5.41) is 13.3. The zero-order chi connectivity index (χ0) is 23.3. The van der Waals surface area contributed by atoms with Gasteiger partial charge in [-0.1, -0.05) is 42.5 Å². The Morgan fingerprint density at radius 3 is 2.56 bits per heavy atom. The average Bonchev–Trinajstić information content (AvgIpc) is 3.49. The molecule has 5 nitrogen and oxygen atoms in total. The van der Waals surface area contributed by atoms with E-state index in [2.05, 4.69) is 59.3 Å². The number of rotatable bonds is 6. The first-order valence-corrected chi connectivity index (χ1v) is 12.1. The van der Waals surface area contributed by atoms with Crippen LogP contribution in [-0.2, 0) is 11.3 Å². The SMILES string of the molecule is Cc1ccc2nc(-c3ccc(-c4cccc(O)c4)cc3)n(C[C@]3(C(=O)C4CC4)CCNC3)c2c1. The molecule has 3 aromatic carbocycles. The fourth-order valence-electron chi connectivity index (χ4n) is 5.36. The fraction of sp³-hybridized carbons (Fsp3) is 0.310. The molecule has 1 aliphatic heterocycles. The van der Waals surface area contributed by atoms with E-state index < -0.39 is 0 Å². The van der Waals surface area contributed by atoms with Crippen molar-refractivity contribution in [1.82, 2.24) is 14.9 Å². The summed E-state index contributed by atoms with van der Waals surface area (Å²) in [5.41, 5.74) is 5.90. The molecule has 34 heavy (non-hydrogen) atoms. The first-order valence-electron chi connectivity index (χ1n) is 12.1. The molecule has 1 saturated heterocycles. The highest BCUT2D eigenvalue weighted by molar-refractivity contribution is 5.90. The number of ketones is 1. The van der Waals surface area contributed by atoms with Crippen molar-refractivity contribution in [3.8, 4) is 28.3 Å². The van der Waals surface area contributed by atoms with Gasteiger partial charge in [-0.15, -0.1) is 0 Å². The van der Waals surface area contributed by atoms with Crippen LogP contribution in [0.5, 0.6) is 5.75 Å². The van der Waals surface area contributed by atoms with Crippen LogP contribution in [0.25, 0.3) is 33.5 Å². The van der Waals surface area contributed by atoms with Gasteiger partial charge in [-0.3, -0.25) is 4.79 Å². The van der Waals surface area contributed by atoms with E-state index in [1.165, 1.54) is 5.56 Å². The van der Waals surface area contributed by atoms with E-state index in [-0.39, 0.29) is 17.1 Å². The van der Waals surface area contributed by atoms with Gasteiger partial charge in [-0.05, 0) is 73.7 Å². The number of aryl methyl sites for hydroxylation is 1. The summed E-state index contributed by atoms with van der Waals surface area (Å²) in [6.07, 6.45) is 2.95. The Labute approximate surface area is 199 Å². The van der Waals surface area contributed by atoms with E-state index in [1.54, 1.807) is 12.1 Å². The lowest BCUT2D eigenvalue weighted by molar-refractivity contribution is -0.129. The molecule has 172 valence electrons. The molecular weight excluding hydrogens is 422 g/mol. The Bertz CT molecular complexity index is 1380. The van der Waals surface area contributed by atoms with Crippen LogP contribution in [0.4, 0.5) is 0 Å². The quantitative estimate of drug-likeness (QED) is 0.415. The number of aromatic nitrogens is 2. The molecule has 2 heterocycles. The molecule has 0 amide bonds. The van der Waals surface area contributed by atoms with E-state index in [1.807, 2.05) is 12.1 Å². The van der Waals surface area contributed by atoms with Gasteiger partial charge in [-0.25, -0.2) is 4.98 Å². The largest absolute Gasteiger partial charge is 0.508 e. The van der Waals surface area contributed by atoms with Crippen molar-refractivity contribution in [1.29, 1.82) is 0 Å². The van der Waals surface area contributed by atoms with Crippen LogP contribution in [0.3, 0.4) is 0 Å². The Morgan fingerprint density at radius 1 is 1.06 bits per heavy atom. The van der Waals surface area contributed by atoms with Crippen molar-refractivity contribution < 1.29 is 9.90 Å². The number of imidazole rings is 1. The number of hydrogen-bond donors (Lipinski definition) is 2. The molecule has 0 spiro atoms. The summed E-state index contributed by atoms with van der Waals surface area (Å²) in [7, 11) is 0. The lowest BCUT2D eigenvalue weighted by Crippen LogP contribution is -2.39. The van der Waals surface area contributed by atoms with E-state index in [9.17, 15) is 9.90 Å². The minimum atomic E-state index is -0.366. The topological polar surface area (TPSA) is 67.2 Å². The van der Waals surface area contributed by atoms with Gasteiger partial charge < -0.3 is 15.0 Å². The van der Waals surface area contributed by atoms with Crippen molar-refractivity contribution >= 4 is 16.8 Å². The molecule has 2 fully saturated rings. The molecule has 1 atom stereocenters. The number of carbonyl (C=O) groups is 1. The number of aromatic hydroxyl groups is 1. The number of fused-ring (bicyclic) bond motifs is 1. The second kappa shape index (κ2) is 8.10. The van der Waals surface area contributed by atoms with Crippen LogP contribution < -0.4 is 5.32 Å². The summed E-state index contributed by atoms with van der Waals surface area (Å²) < 4.78 is 2.28. The fourth-order valence-corrected chi connectivity index (χ4v) is 5.36. The number of phenolic OH excluding ortho intramolecular Hbond substituents is 1. The van der Waals surface area contributed by atoms with Gasteiger partial charge in [0, 0.05) is 24.6 Å². The lowest BCUT2D eigenvalue weighted by atomic mass is 9.80. The Kier molecular flexibility index (Phi) is 5.03. The molecule has 1 aromatic heterocycles. The van der Waals surface area contributed by atoms with Crippen molar-refractivity contribution in [2.75, 3.05) is 13.1 Å². The predicted molar refractivity (Wildman–Crippen MR) is 135 cm³/mol. The van der Waals surface area contributed by atoms with Crippen LogP contribution in [0.15, 0.2) is 66.7 Å². The number of benzene rings is 3. The van der Waals surface area contributed by atoms with Crippen molar-refractivity contribution in [3.05, 3.63) is 72.3 Å². The summed E-state index contributed by atoms with van der Waals surface area (Å²) >= 11 is 0. The van der Waals surface area contributed by atoms with Crippen LogP contribution in [-0.4, -0.2) is 33.5 Å². The molecule has 0 bridgehead atoms. The van der Waals surface area contributed by atoms with E-state index in [0.717, 1.165) is 65.9 Å². The maximum absolute atomic E-state index is 13.4. The highest BCUT2D eigenvalue weighted by atomic mass is 16.3. The van der Waals surface area contributed by atoms with Crippen molar-refractivity contribution in [2.24, 2.45) is 11.3 Å². The summed E-state index contributed by atoms with van der Waals surface area (Å²) in [6.45, 7) is 4.38. The highest BCUT2D eigenvalue weighted by Gasteiger charge is 2.48. The third-order valence-electron chi connectivity index (χ3n) is 7.40. The molecule has 6 rings (SSSR count). The normalized spacial score (nSPS) is 20.1. The highest BCUT2D eigenvalue weighted by Crippen LogP contribution is 2.42. The minimum absolute atomic E-state index is 0.237. The molecule has 2 N–H and O–H groups in total. The molecule has 5 heteroatoms. The van der Waals surface area contributed by atoms with Gasteiger partial charge in [0.15, 0.2) is 0 Å². The van der Waals surface area contributed by atoms with Crippen LogP contribution in [0.1, 0.15) is 24.8 Å². The zero-order valence-corrected chi connectivity index (χ0v) is 19.4. The number of phenols is 1. The third kappa shape index (κ3) is 3.70. The van der Waals surface area contributed by atoms with Gasteiger partial charge in [-0.2, -0.15) is 0 Å². The maximum Gasteiger partial charge on any atom is 0.145 e. The van der Waals surface area contributed by atoms with Gasteiger partial charge in [0.25, 0.3) is 0 Å². The summed E-state index contributed by atoms with van der Waals surface area (Å²) in [4.78, 5) is 18.5. The molecule has 1 saturated carbocycles. The average molecular weight is 452 g/mol. The molecule has 0 radical (unpaired) electrons. The summed E-state index contributed by atoms with van der Waals surface area (Å²) in [6, 6.07) is 22.0. The second-order valence-electron chi connectivity index (χ2n) is 9.99. The Balaban J connectivity index is 1.44. The van der Waals surface area contributed by atoms with Gasteiger partial charge >= 0.3 is 0 Å². The predicted octanol–water partition coefficient (Wildman–Crippen LogP) is 5.34. The Hall–Kier alpha value is -3.44. The van der Waals surface area contributed by atoms with Crippen LogP contribution in [0.2, 0.25) is 0 Å². The van der Waals surface area contributed by atoms with Crippen LogP contribution >= 0.6 is 0 Å². The number of carbonyl (C=O) groups excluding carboxylic acids is 1. The zero-order valence-electron chi connectivity index (χ0n) is 19.4. The molecule has 0 unspecified atom stereocenters. The smallest absolute Gasteiger partial charge is 0.145 e. The first-order chi connectivity index (χ1) is 16.5. The molecule has 2 aliphatic rings. The minimum Gasteiger partial charge on any atom is -0.508 e. The maximum atomic E-state index is 13.4. The lowest BCUT2D eigenvalue weighted by Gasteiger charge is -2.28. The first kappa shape index (κ1) is 21.1. The Morgan fingerprint density at radius 2 is 1.85 bits per heavy atom. The third-order valence-corrected chi connectivity index (χ3v) is 7.40. The molecule has 1 aliphatic carbocycles. The number of nitrogens with one attached hydrogen (secondary N) is 1. The summed E-state index contributed by atoms with van der Waals surface area (Å²) in [5.74, 6) is 1.83. The van der Waals surface area contributed by atoms with Crippen LogP contribution in [0, 0.1) is 18.3 Å². The van der Waals surface area contributed by atoms with Gasteiger partial charge in [0.2, 0.25) is 0 Å². The van der Waals surface area contributed by atoms with Gasteiger partial charge in [0.05, 0.1) is 16.4 Å². The molecular formula is C29H29N3O2. The number of nitrogens with zero attached hydrogens (tertiary/aromatic N) is 2.